The molecule has 2 aromatic heterocycles. The number of aromatic nitrogens is 3. The maximum Gasteiger partial charge on any atom is 0.280 e. The van der Waals surface area contributed by atoms with Crippen molar-refractivity contribution >= 4 is 31.8 Å². The van der Waals surface area contributed by atoms with Crippen LogP contribution >= 0.6 is 15.9 Å². The maximum atomic E-state index is 11.7. The summed E-state index contributed by atoms with van der Waals surface area (Å²) < 4.78 is 26.5. The second-order valence-corrected chi connectivity index (χ2v) is 5.45. The number of hydrogen-bond donors (Lipinski definition) is 2. The van der Waals surface area contributed by atoms with E-state index in [1.807, 2.05) is 0 Å². The van der Waals surface area contributed by atoms with Crippen LogP contribution in [0.15, 0.2) is 40.4 Å². The predicted molar refractivity (Wildman–Crippen MR) is 61.3 cm³/mol. The van der Waals surface area contributed by atoms with Crippen molar-refractivity contribution in [3.8, 4) is 0 Å². The van der Waals surface area contributed by atoms with Gasteiger partial charge in [-0.3, -0.25) is 4.72 Å². The van der Waals surface area contributed by atoms with Crippen LogP contribution in [0.3, 0.4) is 0 Å². The van der Waals surface area contributed by atoms with E-state index in [9.17, 15) is 8.42 Å². The fourth-order valence-electron chi connectivity index (χ4n) is 1.02. The van der Waals surface area contributed by atoms with Crippen LogP contribution in [0, 0.1) is 0 Å². The highest BCUT2D eigenvalue weighted by Gasteiger charge is 2.15. The highest BCUT2D eigenvalue weighted by molar-refractivity contribution is 9.10. The third-order valence-electron chi connectivity index (χ3n) is 1.73. The molecule has 0 radical (unpaired) electrons. The van der Waals surface area contributed by atoms with Crippen molar-refractivity contribution < 1.29 is 8.42 Å². The molecule has 0 unspecified atom stereocenters. The van der Waals surface area contributed by atoms with Gasteiger partial charge in [0.05, 0.1) is 12.5 Å². The number of nitrogens with zero attached hydrogens (tertiary/aromatic N) is 2. The van der Waals surface area contributed by atoms with Gasteiger partial charge in [-0.1, -0.05) is 0 Å². The SMILES string of the molecule is O=S(=O)(Nc1ccc(Br)cn1)c1cnc[nH]1. The summed E-state index contributed by atoms with van der Waals surface area (Å²) in [7, 11) is -3.63. The topological polar surface area (TPSA) is 87.7 Å². The summed E-state index contributed by atoms with van der Waals surface area (Å²) >= 11 is 3.21. The van der Waals surface area contributed by atoms with Crippen molar-refractivity contribution in [3.05, 3.63) is 35.3 Å². The van der Waals surface area contributed by atoms with Gasteiger partial charge in [-0.15, -0.1) is 0 Å². The number of sulfonamides is 1. The van der Waals surface area contributed by atoms with Gasteiger partial charge in [0.25, 0.3) is 10.0 Å². The Morgan fingerprint density at radius 3 is 2.69 bits per heavy atom. The zero-order valence-electron chi connectivity index (χ0n) is 7.88. The summed E-state index contributed by atoms with van der Waals surface area (Å²) in [5.41, 5.74) is 0. The van der Waals surface area contributed by atoms with Crippen LogP contribution in [0.1, 0.15) is 0 Å². The molecule has 6 nitrogen and oxygen atoms in total. The van der Waals surface area contributed by atoms with Crippen LogP contribution < -0.4 is 4.72 Å². The highest BCUT2D eigenvalue weighted by atomic mass is 79.9. The van der Waals surface area contributed by atoms with E-state index >= 15 is 0 Å². The van der Waals surface area contributed by atoms with Crippen LogP contribution in [-0.4, -0.2) is 23.4 Å². The van der Waals surface area contributed by atoms with Gasteiger partial charge in [0.15, 0.2) is 5.03 Å². The van der Waals surface area contributed by atoms with Gasteiger partial charge < -0.3 is 4.98 Å². The first-order valence-corrected chi connectivity index (χ1v) is 6.48. The number of rotatable bonds is 3. The molecule has 2 rings (SSSR count). The van der Waals surface area contributed by atoms with E-state index in [1.165, 1.54) is 18.7 Å². The van der Waals surface area contributed by atoms with Crippen LogP contribution in [0.25, 0.3) is 0 Å². The van der Waals surface area contributed by atoms with Gasteiger partial charge in [-0.25, -0.2) is 9.97 Å². The molecule has 2 N–H and O–H groups in total. The molecule has 0 bridgehead atoms. The average molecular weight is 303 g/mol. The second kappa shape index (κ2) is 4.22. The van der Waals surface area contributed by atoms with Crippen LogP contribution in [0.5, 0.6) is 0 Å². The Labute approximate surface area is 100 Å². The largest absolute Gasteiger partial charge is 0.334 e. The van der Waals surface area contributed by atoms with Crippen LogP contribution in [0.2, 0.25) is 0 Å². The van der Waals surface area contributed by atoms with Gasteiger partial charge >= 0.3 is 0 Å². The molecule has 0 spiro atoms. The minimum atomic E-state index is -3.63. The molecule has 0 amide bonds. The van der Waals surface area contributed by atoms with Crippen molar-refractivity contribution in [2.24, 2.45) is 0 Å². The highest BCUT2D eigenvalue weighted by Crippen LogP contribution is 2.14. The molecule has 0 aromatic carbocycles. The molecule has 0 aliphatic rings. The summed E-state index contributed by atoms with van der Waals surface area (Å²) in [5, 5.41) is -0.00258. The number of halogens is 1. The Morgan fingerprint density at radius 2 is 2.12 bits per heavy atom. The molecule has 2 heterocycles. The molecule has 2 aromatic rings. The van der Waals surface area contributed by atoms with Gasteiger partial charge in [0, 0.05) is 10.7 Å². The minimum absolute atomic E-state index is 0.00258. The number of pyridine rings is 1. The number of imidazole rings is 1. The van der Waals surface area contributed by atoms with Gasteiger partial charge in [0.1, 0.15) is 5.82 Å². The lowest BCUT2D eigenvalue weighted by molar-refractivity contribution is 0.598. The predicted octanol–water partition coefficient (Wildman–Crippen LogP) is 1.37. The Kier molecular flexibility index (Phi) is 2.92. The first-order valence-electron chi connectivity index (χ1n) is 4.21. The van der Waals surface area contributed by atoms with Crippen LogP contribution in [0.4, 0.5) is 5.82 Å². The zero-order valence-corrected chi connectivity index (χ0v) is 10.3. The van der Waals surface area contributed by atoms with Crippen molar-refractivity contribution in [1.82, 2.24) is 15.0 Å². The van der Waals surface area contributed by atoms with Crippen molar-refractivity contribution in [1.29, 1.82) is 0 Å². The normalized spacial score (nSPS) is 11.3. The first-order chi connectivity index (χ1) is 7.58. The lowest BCUT2D eigenvalue weighted by Crippen LogP contribution is -2.14. The van der Waals surface area contributed by atoms with Gasteiger partial charge in [0.2, 0.25) is 0 Å². The Bertz CT molecular complexity index is 565. The fraction of sp³-hybridized carbons (Fsp3) is 0. The average Bonchev–Trinajstić information content (AvgIpc) is 2.75. The van der Waals surface area contributed by atoms with E-state index in [-0.39, 0.29) is 10.8 Å². The second-order valence-electron chi connectivity index (χ2n) is 2.88. The lowest BCUT2D eigenvalue weighted by Gasteiger charge is -2.04. The van der Waals surface area contributed by atoms with E-state index in [4.69, 9.17) is 0 Å². The number of anilines is 1. The Morgan fingerprint density at radius 1 is 1.31 bits per heavy atom. The maximum absolute atomic E-state index is 11.7. The lowest BCUT2D eigenvalue weighted by atomic mass is 10.5. The summed E-state index contributed by atoms with van der Waals surface area (Å²) in [4.78, 5) is 10.1. The molecule has 0 aliphatic carbocycles. The fourth-order valence-corrected chi connectivity index (χ4v) is 2.17. The summed E-state index contributed by atoms with van der Waals surface area (Å²) in [5.74, 6) is 0.248. The van der Waals surface area contributed by atoms with E-state index in [2.05, 4.69) is 35.6 Å². The van der Waals surface area contributed by atoms with Gasteiger partial charge in [-0.2, -0.15) is 8.42 Å². The van der Waals surface area contributed by atoms with Gasteiger partial charge in [-0.05, 0) is 28.1 Å². The molecule has 0 atom stereocenters. The summed E-state index contributed by atoms with van der Waals surface area (Å²) in [6.07, 6.45) is 4.02. The number of aromatic amines is 1. The Hall–Kier alpha value is -1.41. The van der Waals surface area contributed by atoms with Crippen molar-refractivity contribution in [2.45, 2.75) is 5.03 Å². The molecule has 0 fully saturated rings. The molecule has 0 saturated carbocycles. The quantitative estimate of drug-likeness (QED) is 0.896. The van der Waals surface area contributed by atoms with Crippen molar-refractivity contribution in [2.75, 3.05) is 4.72 Å². The number of nitrogens with one attached hydrogen (secondary N) is 2. The van der Waals surface area contributed by atoms with Crippen LogP contribution in [-0.2, 0) is 10.0 Å². The van der Waals surface area contributed by atoms with Crippen molar-refractivity contribution in [3.63, 3.8) is 0 Å². The molecular weight excluding hydrogens is 296 g/mol. The zero-order chi connectivity index (χ0) is 11.6. The molecule has 0 saturated heterocycles. The molecule has 16 heavy (non-hydrogen) atoms. The monoisotopic (exact) mass is 302 g/mol. The number of H-pyrrole nitrogens is 1. The van der Waals surface area contributed by atoms with E-state index in [1.54, 1.807) is 12.1 Å². The minimum Gasteiger partial charge on any atom is -0.334 e. The smallest absolute Gasteiger partial charge is 0.280 e. The molecule has 84 valence electrons. The third kappa shape index (κ3) is 2.39. The summed E-state index contributed by atoms with van der Waals surface area (Å²) in [6.45, 7) is 0. The standard InChI is InChI=1S/C8H7BrN4O2S/c9-6-1-2-7(11-3-6)13-16(14,15)8-4-10-5-12-8/h1-5H,(H,10,12)(H,11,13). The summed E-state index contributed by atoms with van der Waals surface area (Å²) in [6, 6.07) is 3.25. The molecular formula is C8H7BrN4O2S. The molecule has 8 heteroatoms. The van der Waals surface area contributed by atoms with E-state index in [0.29, 0.717) is 0 Å². The molecule has 0 aliphatic heterocycles. The van der Waals surface area contributed by atoms with E-state index < -0.39 is 10.0 Å². The number of hydrogen-bond acceptors (Lipinski definition) is 4. The third-order valence-corrected chi connectivity index (χ3v) is 3.48. The Balaban J connectivity index is 2.25. The first kappa shape index (κ1) is 11.1. The van der Waals surface area contributed by atoms with E-state index in [0.717, 1.165) is 4.47 Å².